The fourth-order valence-corrected chi connectivity index (χ4v) is 3.11. The van der Waals surface area contributed by atoms with E-state index in [2.05, 4.69) is 32.2 Å². The van der Waals surface area contributed by atoms with Crippen molar-refractivity contribution < 1.29 is 10.2 Å². The number of benzene rings is 1. The third-order valence-corrected chi connectivity index (χ3v) is 4.45. The number of rotatable bonds is 3. The molecule has 4 atom stereocenters. The summed E-state index contributed by atoms with van der Waals surface area (Å²) >= 11 is 0. The average molecular weight is 324 g/mol. The van der Waals surface area contributed by atoms with Crippen LogP contribution in [-0.4, -0.2) is 48.4 Å². The van der Waals surface area contributed by atoms with Crippen LogP contribution in [0.4, 0.5) is 5.82 Å². The van der Waals surface area contributed by atoms with Gasteiger partial charge in [-0.05, 0) is 19.3 Å². The molecular formula is C17H18N5O2. The SMILES string of the molecule is [CH2][C@@H]1C[C@@H](Nc2ncnc3[nH]c(-c4ccccc4)nc23)[C@H](O)[C@@H]1O. The number of aromatic nitrogens is 4. The van der Waals surface area contributed by atoms with Gasteiger partial charge in [-0.2, -0.15) is 0 Å². The maximum absolute atomic E-state index is 10.1. The molecule has 123 valence electrons. The predicted molar refractivity (Wildman–Crippen MR) is 90.0 cm³/mol. The van der Waals surface area contributed by atoms with Gasteiger partial charge in [-0.25, -0.2) is 15.0 Å². The van der Waals surface area contributed by atoms with Gasteiger partial charge in [0.15, 0.2) is 17.0 Å². The molecule has 0 aliphatic heterocycles. The Hall–Kier alpha value is -2.51. The first-order chi connectivity index (χ1) is 11.6. The lowest BCUT2D eigenvalue weighted by atomic mass is 10.1. The number of anilines is 1. The summed E-state index contributed by atoms with van der Waals surface area (Å²) in [6.07, 6.45) is 0.282. The Balaban J connectivity index is 1.68. The molecule has 24 heavy (non-hydrogen) atoms. The molecule has 0 unspecified atom stereocenters. The zero-order valence-corrected chi connectivity index (χ0v) is 12.9. The number of nitrogens with zero attached hydrogens (tertiary/aromatic N) is 3. The number of fused-ring (bicyclic) bond motifs is 1. The number of aliphatic hydroxyl groups is 2. The van der Waals surface area contributed by atoms with Gasteiger partial charge in [-0.3, -0.25) is 0 Å². The monoisotopic (exact) mass is 324 g/mol. The number of hydrogen-bond donors (Lipinski definition) is 4. The molecule has 2 aromatic heterocycles. The second-order valence-electron chi connectivity index (χ2n) is 6.10. The van der Waals surface area contributed by atoms with Gasteiger partial charge in [-0.15, -0.1) is 0 Å². The van der Waals surface area contributed by atoms with E-state index in [0.29, 0.717) is 29.2 Å². The van der Waals surface area contributed by atoms with Crippen LogP contribution >= 0.6 is 0 Å². The fourth-order valence-electron chi connectivity index (χ4n) is 3.11. The summed E-state index contributed by atoms with van der Waals surface area (Å²) in [5.41, 5.74) is 2.17. The van der Waals surface area contributed by atoms with Crippen LogP contribution in [0.3, 0.4) is 0 Å². The van der Waals surface area contributed by atoms with E-state index in [0.717, 1.165) is 5.56 Å². The second kappa shape index (κ2) is 5.85. The molecule has 0 spiro atoms. The molecule has 7 heteroatoms. The normalized spacial score (nSPS) is 26.8. The zero-order chi connectivity index (χ0) is 16.7. The van der Waals surface area contributed by atoms with Crippen molar-refractivity contribution in [3.8, 4) is 11.4 Å². The average Bonchev–Trinajstić information content (AvgIpc) is 3.14. The van der Waals surface area contributed by atoms with Crippen LogP contribution in [0, 0.1) is 12.8 Å². The van der Waals surface area contributed by atoms with E-state index in [1.807, 2.05) is 30.3 Å². The Kier molecular flexibility index (Phi) is 3.66. The number of imidazole rings is 1. The third kappa shape index (κ3) is 2.51. The maximum atomic E-state index is 10.1. The first-order valence-corrected chi connectivity index (χ1v) is 7.85. The Morgan fingerprint density at radius 3 is 2.62 bits per heavy atom. The number of nitrogens with one attached hydrogen (secondary N) is 2. The number of aliphatic hydroxyl groups excluding tert-OH is 2. The summed E-state index contributed by atoms with van der Waals surface area (Å²) in [7, 11) is 0. The highest BCUT2D eigenvalue weighted by atomic mass is 16.3. The van der Waals surface area contributed by atoms with E-state index < -0.39 is 12.2 Å². The van der Waals surface area contributed by atoms with Crippen molar-refractivity contribution in [2.45, 2.75) is 24.7 Å². The van der Waals surface area contributed by atoms with Crippen molar-refractivity contribution in [1.82, 2.24) is 19.9 Å². The Labute approximate surface area is 138 Å². The lowest BCUT2D eigenvalue weighted by molar-refractivity contribution is 0.0256. The molecular weight excluding hydrogens is 306 g/mol. The number of H-pyrrole nitrogens is 1. The number of aromatic amines is 1. The molecule has 4 rings (SSSR count). The van der Waals surface area contributed by atoms with Crippen molar-refractivity contribution in [1.29, 1.82) is 0 Å². The van der Waals surface area contributed by atoms with E-state index in [4.69, 9.17) is 0 Å². The van der Waals surface area contributed by atoms with Crippen LogP contribution < -0.4 is 5.32 Å². The second-order valence-corrected chi connectivity index (χ2v) is 6.10. The van der Waals surface area contributed by atoms with Crippen LogP contribution in [0.15, 0.2) is 36.7 Å². The Bertz CT molecular complexity index is 851. The van der Waals surface area contributed by atoms with Crippen LogP contribution in [0.2, 0.25) is 0 Å². The molecule has 1 aliphatic carbocycles. The van der Waals surface area contributed by atoms with E-state index in [1.54, 1.807) is 0 Å². The summed E-state index contributed by atoms with van der Waals surface area (Å²) in [4.78, 5) is 16.2. The van der Waals surface area contributed by atoms with Gasteiger partial charge in [0, 0.05) is 5.56 Å². The number of hydrogen-bond acceptors (Lipinski definition) is 6. The fraction of sp³-hybridized carbons (Fsp3) is 0.294. The van der Waals surface area contributed by atoms with Crippen LogP contribution in [0.1, 0.15) is 6.42 Å². The van der Waals surface area contributed by atoms with E-state index >= 15 is 0 Å². The van der Waals surface area contributed by atoms with Crippen molar-refractivity contribution in [2.75, 3.05) is 5.32 Å². The van der Waals surface area contributed by atoms with Crippen LogP contribution in [0.5, 0.6) is 0 Å². The van der Waals surface area contributed by atoms with E-state index in [1.165, 1.54) is 6.33 Å². The van der Waals surface area contributed by atoms with Crippen molar-refractivity contribution in [3.05, 3.63) is 43.6 Å². The van der Waals surface area contributed by atoms with Crippen LogP contribution in [-0.2, 0) is 0 Å². The molecule has 1 radical (unpaired) electrons. The highest BCUT2D eigenvalue weighted by Crippen LogP contribution is 2.30. The summed E-state index contributed by atoms with van der Waals surface area (Å²) in [6.45, 7) is 3.86. The minimum absolute atomic E-state index is 0.214. The van der Waals surface area contributed by atoms with Crippen molar-refractivity contribution in [2.24, 2.45) is 5.92 Å². The molecule has 0 amide bonds. The van der Waals surface area contributed by atoms with E-state index in [9.17, 15) is 10.2 Å². The largest absolute Gasteiger partial charge is 0.390 e. The van der Waals surface area contributed by atoms with Gasteiger partial charge in [0.25, 0.3) is 0 Å². The molecule has 2 heterocycles. The molecule has 0 bridgehead atoms. The Morgan fingerprint density at radius 2 is 1.92 bits per heavy atom. The van der Waals surface area contributed by atoms with Crippen molar-refractivity contribution >= 4 is 17.0 Å². The molecule has 1 aliphatic rings. The van der Waals surface area contributed by atoms with E-state index in [-0.39, 0.29) is 12.0 Å². The minimum Gasteiger partial charge on any atom is -0.390 e. The smallest absolute Gasteiger partial charge is 0.163 e. The van der Waals surface area contributed by atoms with Crippen molar-refractivity contribution in [3.63, 3.8) is 0 Å². The Morgan fingerprint density at radius 1 is 1.12 bits per heavy atom. The van der Waals surface area contributed by atoms with Gasteiger partial charge >= 0.3 is 0 Å². The molecule has 4 N–H and O–H groups in total. The maximum Gasteiger partial charge on any atom is 0.163 e. The first-order valence-electron chi connectivity index (χ1n) is 7.85. The molecule has 0 saturated heterocycles. The van der Waals surface area contributed by atoms with Gasteiger partial charge in [0.1, 0.15) is 18.3 Å². The highest BCUT2D eigenvalue weighted by molar-refractivity contribution is 5.85. The lowest BCUT2D eigenvalue weighted by Gasteiger charge is -2.18. The zero-order valence-electron chi connectivity index (χ0n) is 12.9. The van der Waals surface area contributed by atoms with Gasteiger partial charge in [0.2, 0.25) is 0 Å². The third-order valence-electron chi connectivity index (χ3n) is 4.45. The van der Waals surface area contributed by atoms with Gasteiger partial charge in [-0.1, -0.05) is 30.3 Å². The predicted octanol–water partition coefficient (Wildman–Crippen LogP) is 1.38. The summed E-state index contributed by atoms with van der Waals surface area (Å²) in [5, 5.41) is 23.2. The highest BCUT2D eigenvalue weighted by Gasteiger charge is 2.39. The molecule has 1 fully saturated rings. The van der Waals surface area contributed by atoms with Crippen LogP contribution in [0.25, 0.3) is 22.6 Å². The molecule has 7 nitrogen and oxygen atoms in total. The quantitative estimate of drug-likeness (QED) is 0.580. The summed E-state index contributed by atoms with van der Waals surface area (Å²) in [5.74, 6) is 1.02. The summed E-state index contributed by atoms with van der Waals surface area (Å²) < 4.78 is 0. The van der Waals surface area contributed by atoms with Gasteiger partial charge < -0.3 is 20.5 Å². The minimum atomic E-state index is -0.884. The van der Waals surface area contributed by atoms with Gasteiger partial charge in [0.05, 0.1) is 12.1 Å². The standard InChI is InChI=1S/C17H18N5O2/c1-9-7-11(14(24)13(9)23)20-16-12-17(19-8-18-16)22-15(21-12)10-5-3-2-4-6-10/h2-6,8-9,11,13-14,23-24H,1,7H2,(H2,18,19,20,21,22)/t9-,11-,13-,14+/m1/s1. The first kappa shape index (κ1) is 15.0. The topological polar surface area (TPSA) is 107 Å². The molecule has 3 aromatic rings. The lowest BCUT2D eigenvalue weighted by Crippen LogP contribution is -2.35. The molecule has 1 aromatic carbocycles. The summed E-state index contributed by atoms with van der Waals surface area (Å²) in [6, 6.07) is 9.43. The molecule has 1 saturated carbocycles.